The molecule has 1 aliphatic rings. The van der Waals surface area contributed by atoms with Crippen molar-refractivity contribution in [2.24, 2.45) is 0 Å². The maximum absolute atomic E-state index is 10.0. The molecule has 0 fully saturated rings. The van der Waals surface area contributed by atoms with Gasteiger partial charge in [0.05, 0.1) is 19.8 Å². The average molecular weight is 322 g/mol. The lowest BCUT2D eigenvalue weighted by Gasteiger charge is -2.17. The summed E-state index contributed by atoms with van der Waals surface area (Å²) in [6.07, 6.45) is 3.09. The molecule has 0 spiro atoms. The summed E-state index contributed by atoms with van der Waals surface area (Å²) >= 11 is 0. The molecule has 1 N–H and O–H groups in total. The standard InChI is InChI=1S/C20H19NO3/c1-12-6-15-11-21-5-4-13-8-18(22)20(24-3)10-16(13)17(21)7-14(15)9-19(12)23-2/h6-11H,4-5H2,1-3H3/p+1. The maximum Gasteiger partial charge on any atom is 0.213 e. The summed E-state index contributed by atoms with van der Waals surface area (Å²) in [5.74, 6) is 1.60. The first-order valence-electron chi connectivity index (χ1n) is 8.03. The summed E-state index contributed by atoms with van der Waals surface area (Å²) in [5, 5.41) is 12.4. The summed E-state index contributed by atoms with van der Waals surface area (Å²) in [4.78, 5) is 0. The number of phenolic OH excluding ortho intramolecular Hbond substituents is 1. The van der Waals surface area contributed by atoms with E-state index in [-0.39, 0.29) is 5.75 Å². The molecule has 0 radical (unpaired) electrons. The molecule has 0 amide bonds. The van der Waals surface area contributed by atoms with Gasteiger partial charge >= 0.3 is 0 Å². The summed E-state index contributed by atoms with van der Waals surface area (Å²) in [6.45, 7) is 2.96. The van der Waals surface area contributed by atoms with Gasteiger partial charge in [0.1, 0.15) is 5.75 Å². The lowest BCUT2D eigenvalue weighted by atomic mass is 9.95. The second kappa shape index (κ2) is 5.41. The van der Waals surface area contributed by atoms with E-state index in [9.17, 15) is 5.11 Å². The van der Waals surface area contributed by atoms with Crippen LogP contribution in [-0.4, -0.2) is 19.3 Å². The van der Waals surface area contributed by atoms with Crippen molar-refractivity contribution >= 4 is 10.8 Å². The number of methoxy groups -OCH3 is 2. The van der Waals surface area contributed by atoms with Gasteiger partial charge in [0.15, 0.2) is 24.2 Å². The molecular weight excluding hydrogens is 302 g/mol. The molecule has 0 saturated carbocycles. The SMILES string of the molecule is COc1cc2cc3[n+](cc2cc1C)CCc1cc(O)c(OC)cc1-3. The second-order valence-corrected chi connectivity index (χ2v) is 6.23. The van der Waals surface area contributed by atoms with Crippen molar-refractivity contribution in [1.29, 1.82) is 0 Å². The molecule has 2 aromatic carbocycles. The number of aromatic hydroxyl groups is 1. The zero-order valence-electron chi connectivity index (χ0n) is 14.1. The fraction of sp³-hybridized carbons (Fsp3) is 0.250. The fourth-order valence-corrected chi connectivity index (χ4v) is 3.53. The number of aryl methyl sites for hydroxylation is 3. The first-order valence-corrected chi connectivity index (χ1v) is 8.03. The summed E-state index contributed by atoms with van der Waals surface area (Å²) in [7, 11) is 3.27. The van der Waals surface area contributed by atoms with Crippen LogP contribution in [0.5, 0.6) is 17.2 Å². The molecule has 0 saturated heterocycles. The Morgan fingerprint density at radius 2 is 1.75 bits per heavy atom. The van der Waals surface area contributed by atoms with E-state index in [1.807, 2.05) is 12.1 Å². The van der Waals surface area contributed by atoms with E-state index in [4.69, 9.17) is 9.47 Å². The van der Waals surface area contributed by atoms with Gasteiger partial charge in [0.2, 0.25) is 5.69 Å². The van der Waals surface area contributed by atoms with Crippen molar-refractivity contribution in [1.82, 2.24) is 0 Å². The smallest absolute Gasteiger partial charge is 0.213 e. The van der Waals surface area contributed by atoms with Crippen molar-refractivity contribution in [3.63, 3.8) is 0 Å². The molecule has 0 bridgehead atoms. The van der Waals surface area contributed by atoms with Crippen LogP contribution in [0.2, 0.25) is 0 Å². The van der Waals surface area contributed by atoms with Crippen molar-refractivity contribution in [2.45, 2.75) is 19.9 Å². The molecular formula is C20H20NO3+. The number of ether oxygens (including phenoxy) is 2. The number of aromatic nitrogens is 1. The van der Waals surface area contributed by atoms with E-state index >= 15 is 0 Å². The van der Waals surface area contributed by atoms with Crippen LogP contribution in [-0.2, 0) is 13.0 Å². The van der Waals surface area contributed by atoms with Crippen LogP contribution < -0.4 is 14.0 Å². The highest BCUT2D eigenvalue weighted by atomic mass is 16.5. The fourth-order valence-electron chi connectivity index (χ4n) is 3.53. The third-order valence-corrected chi connectivity index (χ3v) is 4.80. The van der Waals surface area contributed by atoms with Gasteiger partial charge in [-0.2, -0.15) is 4.57 Å². The zero-order valence-corrected chi connectivity index (χ0v) is 14.1. The molecule has 0 unspecified atom stereocenters. The lowest BCUT2D eigenvalue weighted by Crippen LogP contribution is -2.40. The van der Waals surface area contributed by atoms with Crippen LogP contribution in [0.4, 0.5) is 0 Å². The molecule has 122 valence electrons. The van der Waals surface area contributed by atoms with Crippen LogP contribution in [0.1, 0.15) is 11.1 Å². The number of hydrogen-bond acceptors (Lipinski definition) is 3. The molecule has 24 heavy (non-hydrogen) atoms. The minimum absolute atomic E-state index is 0.197. The molecule has 4 rings (SSSR count). The van der Waals surface area contributed by atoms with Gasteiger partial charge in [0, 0.05) is 17.9 Å². The van der Waals surface area contributed by atoms with Crippen LogP contribution >= 0.6 is 0 Å². The highest BCUT2D eigenvalue weighted by Gasteiger charge is 2.25. The van der Waals surface area contributed by atoms with Crippen molar-refractivity contribution in [3.05, 3.63) is 47.7 Å². The predicted octanol–water partition coefficient (Wildman–Crippen LogP) is 3.38. The number of phenols is 1. The quantitative estimate of drug-likeness (QED) is 0.736. The lowest BCUT2D eigenvalue weighted by molar-refractivity contribution is -0.686. The minimum Gasteiger partial charge on any atom is -0.504 e. The molecule has 2 heterocycles. The van der Waals surface area contributed by atoms with E-state index in [0.717, 1.165) is 46.5 Å². The largest absolute Gasteiger partial charge is 0.504 e. The van der Waals surface area contributed by atoms with Crippen LogP contribution in [0.25, 0.3) is 22.0 Å². The Labute approximate surface area is 140 Å². The minimum atomic E-state index is 0.197. The molecule has 1 aliphatic heterocycles. The second-order valence-electron chi connectivity index (χ2n) is 6.23. The molecule has 4 nitrogen and oxygen atoms in total. The van der Waals surface area contributed by atoms with Gasteiger partial charge < -0.3 is 14.6 Å². The Hall–Kier alpha value is -2.75. The van der Waals surface area contributed by atoms with Gasteiger partial charge in [0.25, 0.3) is 0 Å². The first kappa shape index (κ1) is 14.8. The molecule has 0 atom stereocenters. The molecule has 0 aliphatic carbocycles. The van der Waals surface area contributed by atoms with Crippen molar-refractivity contribution < 1.29 is 19.1 Å². The summed E-state index contributed by atoms with van der Waals surface area (Å²) in [6, 6.07) is 10.2. The third-order valence-electron chi connectivity index (χ3n) is 4.80. The summed E-state index contributed by atoms with van der Waals surface area (Å²) < 4.78 is 13.0. The number of rotatable bonds is 2. The van der Waals surface area contributed by atoms with Gasteiger partial charge in [-0.3, -0.25) is 0 Å². The van der Waals surface area contributed by atoms with E-state index in [2.05, 4.69) is 35.9 Å². The normalized spacial score (nSPS) is 12.6. The third kappa shape index (κ3) is 2.18. The number of hydrogen-bond donors (Lipinski definition) is 1. The predicted molar refractivity (Wildman–Crippen MR) is 92.8 cm³/mol. The van der Waals surface area contributed by atoms with Crippen molar-refractivity contribution in [2.75, 3.05) is 14.2 Å². The van der Waals surface area contributed by atoms with Gasteiger partial charge in [-0.1, -0.05) is 0 Å². The Morgan fingerprint density at radius 1 is 0.958 bits per heavy atom. The number of pyridine rings is 1. The molecule has 4 heteroatoms. The highest BCUT2D eigenvalue weighted by molar-refractivity contribution is 5.86. The molecule has 1 aromatic heterocycles. The van der Waals surface area contributed by atoms with E-state index in [1.165, 1.54) is 5.39 Å². The summed E-state index contributed by atoms with van der Waals surface area (Å²) in [5.41, 5.74) is 4.52. The van der Waals surface area contributed by atoms with Gasteiger partial charge in [-0.15, -0.1) is 0 Å². The molecule has 3 aromatic rings. The Bertz CT molecular complexity index is 963. The van der Waals surface area contributed by atoms with E-state index < -0.39 is 0 Å². The van der Waals surface area contributed by atoms with E-state index in [0.29, 0.717) is 5.75 Å². The van der Waals surface area contributed by atoms with Crippen molar-refractivity contribution in [3.8, 4) is 28.5 Å². The van der Waals surface area contributed by atoms with Gasteiger partial charge in [-0.25, -0.2) is 0 Å². The average Bonchev–Trinajstić information content (AvgIpc) is 2.58. The zero-order chi connectivity index (χ0) is 16.8. The first-order chi connectivity index (χ1) is 11.6. The van der Waals surface area contributed by atoms with Gasteiger partial charge in [-0.05, 0) is 47.7 Å². The number of benzene rings is 2. The Balaban J connectivity index is 1.97. The van der Waals surface area contributed by atoms with Crippen LogP contribution in [0, 0.1) is 6.92 Å². The van der Waals surface area contributed by atoms with Crippen LogP contribution in [0.3, 0.4) is 0 Å². The van der Waals surface area contributed by atoms with E-state index in [1.54, 1.807) is 14.2 Å². The number of nitrogens with zero attached hydrogens (tertiary/aromatic N) is 1. The van der Waals surface area contributed by atoms with Crippen LogP contribution in [0.15, 0.2) is 36.5 Å². The maximum atomic E-state index is 10.0. The monoisotopic (exact) mass is 322 g/mol. The topological polar surface area (TPSA) is 42.6 Å². The Morgan fingerprint density at radius 3 is 2.50 bits per heavy atom. The number of fused-ring (bicyclic) bond motifs is 4. The highest BCUT2D eigenvalue weighted by Crippen LogP contribution is 2.37. The Kier molecular flexibility index (Phi) is 3.34.